The lowest BCUT2D eigenvalue weighted by Gasteiger charge is -2.07. The van der Waals surface area contributed by atoms with Crippen molar-refractivity contribution >= 4 is 28.2 Å². The van der Waals surface area contributed by atoms with Gasteiger partial charge in [0.25, 0.3) is 0 Å². The summed E-state index contributed by atoms with van der Waals surface area (Å²) in [5.74, 6) is -1.39. The molecule has 0 unspecified atom stereocenters. The summed E-state index contributed by atoms with van der Waals surface area (Å²) in [5, 5.41) is 10.2. The zero-order valence-corrected chi connectivity index (χ0v) is 14.7. The lowest BCUT2D eigenvalue weighted by Crippen LogP contribution is -1.98. The Morgan fingerprint density at radius 3 is 2.56 bits per heavy atom. The highest BCUT2D eigenvalue weighted by molar-refractivity contribution is 6.09. The average molecular weight is 363 g/mol. The Labute approximate surface area is 155 Å². The van der Waals surface area contributed by atoms with Crippen molar-refractivity contribution in [1.82, 2.24) is 0 Å². The van der Waals surface area contributed by atoms with Crippen LogP contribution < -0.4 is 5.73 Å². The van der Waals surface area contributed by atoms with Crippen LogP contribution in [-0.2, 0) is 0 Å². The molecule has 3 rings (SSSR count). The first kappa shape index (κ1) is 18.2. The number of carbonyl (C=O) groups is 1. The number of fused-ring (bicyclic) bond motifs is 1. The van der Waals surface area contributed by atoms with E-state index in [1.807, 2.05) is 19.1 Å². The molecule has 5 heteroatoms. The molecule has 0 fully saturated rings. The fraction of sp³-hybridized carbons (Fsp3) is 0.0455. The highest BCUT2D eigenvalue weighted by Gasteiger charge is 2.23. The third kappa shape index (κ3) is 3.40. The van der Waals surface area contributed by atoms with E-state index in [0.717, 1.165) is 5.57 Å². The number of anilines is 1. The maximum atomic E-state index is 13.2. The second-order valence-electron chi connectivity index (χ2n) is 5.91. The van der Waals surface area contributed by atoms with Crippen LogP contribution in [0, 0.1) is 5.82 Å². The van der Waals surface area contributed by atoms with Gasteiger partial charge in [-0.1, -0.05) is 30.9 Å². The van der Waals surface area contributed by atoms with Gasteiger partial charge in [0.2, 0.25) is 0 Å². The molecule has 27 heavy (non-hydrogen) atoms. The quantitative estimate of drug-likeness (QED) is 0.453. The summed E-state index contributed by atoms with van der Waals surface area (Å²) in [6.07, 6.45) is 7.15. The molecule has 0 amide bonds. The van der Waals surface area contributed by atoms with E-state index in [2.05, 4.69) is 6.58 Å². The third-order valence-corrected chi connectivity index (χ3v) is 4.14. The zero-order valence-electron chi connectivity index (χ0n) is 14.7. The fourth-order valence-electron chi connectivity index (χ4n) is 2.97. The summed E-state index contributed by atoms with van der Waals surface area (Å²) < 4.78 is 19.0. The molecule has 1 heterocycles. The number of nitrogen functional groups attached to an aromatic ring is 1. The first-order valence-electron chi connectivity index (χ1n) is 8.27. The number of benzene rings is 2. The van der Waals surface area contributed by atoms with Gasteiger partial charge in [-0.05, 0) is 42.8 Å². The molecule has 0 aliphatic carbocycles. The van der Waals surface area contributed by atoms with Gasteiger partial charge in [0.05, 0.1) is 0 Å². The van der Waals surface area contributed by atoms with Crippen molar-refractivity contribution in [2.75, 3.05) is 5.73 Å². The molecule has 0 saturated carbocycles. The van der Waals surface area contributed by atoms with Gasteiger partial charge in [-0.3, -0.25) is 0 Å². The normalized spacial score (nSPS) is 12.0. The molecule has 0 bridgehead atoms. The average Bonchev–Trinajstić information content (AvgIpc) is 3.00. The van der Waals surface area contributed by atoms with E-state index >= 15 is 0 Å². The second-order valence-corrected chi connectivity index (χ2v) is 5.91. The van der Waals surface area contributed by atoms with Crippen LogP contribution in [0.5, 0.6) is 0 Å². The lowest BCUT2D eigenvalue weighted by molar-refractivity contribution is 0.0699. The minimum atomic E-state index is -1.14. The van der Waals surface area contributed by atoms with Crippen LogP contribution >= 0.6 is 0 Å². The predicted octanol–water partition coefficient (Wildman–Crippen LogP) is 5.66. The molecule has 136 valence electrons. The number of carboxylic acids is 1. The highest BCUT2D eigenvalue weighted by Crippen LogP contribution is 2.37. The van der Waals surface area contributed by atoms with E-state index in [4.69, 9.17) is 10.2 Å². The van der Waals surface area contributed by atoms with Gasteiger partial charge < -0.3 is 15.3 Å². The van der Waals surface area contributed by atoms with Crippen LogP contribution in [0.2, 0.25) is 0 Å². The predicted molar refractivity (Wildman–Crippen MR) is 106 cm³/mol. The summed E-state index contributed by atoms with van der Waals surface area (Å²) in [6, 6.07) is 8.76. The maximum absolute atomic E-state index is 13.2. The smallest absolute Gasteiger partial charge is 0.340 e. The topological polar surface area (TPSA) is 76.5 Å². The SMILES string of the molecule is C=C/C=C(\C=C/C)c1cc2c(C(=O)O)c(-c3ccc(F)cc3)oc2cc1N. The fourth-order valence-corrected chi connectivity index (χ4v) is 2.97. The summed E-state index contributed by atoms with van der Waals surface area (Å²) in [6.45, 7) is 5.58. The summed E-state index contributed by atoms with van der Waals surface area (Å²) >= 11 is 0. The van der Waals surface area contributed by atoms with Crippen molar-refractivity contribution in [3.8, 4) is 11.3 Å². The Balaban J connectivity index is 2.31. The Morgan fingerprint density at radius 2 is 1.96 bits per heavy atom. The second kappa shape index (κ2) is 7.33. The Hall–Kier alpha value is -3.60. The molecule has 0 spiro atoms. The highest BCUT2D eigenvalue weighted by atomic mass is 19.1. The zero-order chi connectivity index (χ0) is 19.6. The number of hydrogen-bond donors (Lipinski definition) is 2. The van der Waals surface area contributed by atoms with Gasteiger partial charge in [0, 0.05) is 28.3 Å². The molecule has 3 aromatic rings. The van der Waals surface area contributed by atoms with Crippen molar-refractivity contribution in [3.63, 3.8) is 0 Å². The lowest BCUT2D eigenvalue weighted by atomic mass is 9.98. The summed E-state index contributed by atoms with van der Waals surface area (Å²) in [7, 11) is 0. The van der Waals surface area contributed by atoms with Crippen LogP contribution in [0.15, 0.2) is 71.7 Å². The Morgan fingerprint density at radius 1 is 1.26 bits per heavy atom. The number of rotatable bonds is 5. The minimum Gasteiger partial charge on any atom is -0.478 e. The number of carboxylic acid groups (broad SMARTS) is 1. The van der Waals surface area contributed by atoms with Crippen molar-refractivity contribution < 1.29 is 18.7 Å². The Kier molecular flexibility index (Phi) is 4.94. The largest absolute Gasteiger partial charge is 0.478 e. The molecular formula is C22H18FNO3. The molecule has 3 N–H and O–H groups in total. The Bertz CT molecular complexity index is 1090. The van der Waals surface area contributed by atoms with Gasteiger partial charge in [-0.25, -0.2) is 9.18 Å². The van der Waals surface area contributed by atoms with Gasteiger partial charge in [0.15, 0.2) is 0 Å². The van der Waals surface area contributed by atoms with Gasteiger partial charge >= 0.3 is 5.97 Å². The van der Waals surface area contributed by atoms with Gasteiger partial charge in [-0.15, -0.1) is 0 Å². The van der Waals surface area contributed by atoms with E-state index in [-0.39, 0.29) is 11.3 Å². The van der Waals surface area contributed by atoms with E-state index in [9.17, 15) is 14.3 Å². The number of halogens is 1. The number of allylic oxidation sites excluding steroid dienone is 5. The van der Waals surface area contributed by atoms with Crippen LogP contribution in [0.4, 0.5) is 10.1 Å². The van der Waals surface area contributed by atoms with Crippen LogP contribution in [0.25, 0.3) is 27.9 Å². The molecule has 2 aromatic carbocycles. The van der Waals surface area contributed by atoms with Crippen molar-refractivity contribution in [2.45, 2.75) is 6.92 Å². The van der Waals surface area contributed by atoms with Crippen molar-refractivity contribution in [2.24, 2.45) is 0 Å². The van der Waals surface area contributed by atoms with E-state index in [1.165, 1.54) is 24.3 Å². The molecule has 0 radical (unpaired) electrons. The van der Waals surface area contributed by atoms with Crippen LogP contribution in [-0.4, -0.2) is 11.1 Å². The van der Waals surface area contributed by atoms with Crippen LogP contribution in [0.1, 0.15) is 22.8 Å². The molecule has 0 aliphatic heterocycles. The summed E-state index contributed by atoms with van der Waals surface area (Å²) in [5.41, 5.74) is 8.94. The molecule has 4 nitrogen and oxygen atoms in total. The molecule has 0 atom stereocenters. The van der Waals surface area contributed by atoms with E-state index in [0.29, 0.717) is 27.8 Å². The van der Waals surface area contributed by atoms with Gasteiger partial charge in [0.1, 0.15) is 22.7 Å². The van der Waals surface area contributed by atoms with E-state index in [1.54, 1.807) is 24.3 Å². The molecular weight excluding hydrogens is 345 g/mol. The number of aromatic carboxylic acids is 1. The molecule has 1 aromatic heterocycles. The molecule has 0 saturated heterocycles. The minimum absolute atomic E-state index is 0.0105. The maximum Gasteiger partial charge on any atom is 0.340 e. The third-order valence-electron chi connectivity index (χ3n) is 4.14. The summed E-state index contributed by atoms with van der Waals surface area (Å²) in [4.78, 5) is 11.9. The van der Waals surface area contributed by atoms with Crippen LogP contribution in [0.3, 0.4) is 0 Å². The van der Waals surface area contributed by atoms with E-state index < -0.39 is 11.8 Å². The van der Waals surface area contributed by atoms with Crippen molar-refractivity contribution in [1.29, 1.82) is 0 Å². The number of hydrogen-bond acceptors (Lipinski definition) is 3. The number of furan rings is 1. The first-order chi connectivity index (χ1) is 13.0. The first-order valence-corrected chi connectivity index (χ1v) is 8.27. The van der Waals surface area contributed by atoms with Gasteiger partial charge in [-0.2, -0.15) is 0 Å². The monoisotopic (exact) mass is 363 g/mol. The molecule has 0 aliphatic rings. The number of nitrogens with two attached hydrogens (primary N) is 1. The standard InChI is InChI=1S/C22H18FNO3/c1-3-5-13(6-4-2)16-11-17-19(12-18(16)24)27-21(20(17)22(25)26)14-7-9-15(23)10-8-14/h3-12H,1,24H2,2H3,(H,25,26)/b6-4-,13-5+. The van der Waals surface area contributed by atoms with Crippen molar-refractivity contribution in [3.05, 3.63) is 84.2 Å².